The molecule has 2 heterocycles. The molecule has 0 aromatic carbocycles. The topological polar surface area (TPSA) is 36.9 Å². The van der Waals surface area contributed by atoms with E-state index in [1.165, 1.54) is 51.4 Å². The third-order valence-electron chi connectivity index (χ3n) is 6.75. The highest BCUT2D eigenvalue weighted by Crippen LogP contribution is 2.36. The molecule has 1 saturated carbocycles. The minimum Gasteiger partial charge on any atom is -0.352 e. The van der Waals surface area contributed by atoms with Crippen LogP contribution in [0.1, 0.15) is 78.1 Å². The fraction of sp³-hybridized carbons (Fsp3) is 0.917. The van der Waals surface area contributed by atoms with Gasteiger partial charge in [0.15, 0.2) is 12.6 Å². The van der Waals surface area contributed by atoms with E-state index in [1.807, 2.05) is 6.92 Å². The molecular formula is C24H42O4. The SMILES string of the molecule is C/C=C\[C@H]1CO[C@H](CCC2COC([C@H]3CC[C@H](CCCCC)CC3)OC2)OC1. The van der Waals surface area contributed by atoms with E-state index in [0.29, 0.717) is 17.8 Å². The second kappa shape index (κ2) is 12.3. The van der Waals surface area contributed by atoms with Gasteiger partial charge in [-0.15, -0.1) is 0 Å². The molecule has 0 atom stereocenters. The van der Waals surface area contributed by atoms with E-state index in [9.17, 15) is 0 Å². The summed E-state index contributed by atoms with van der Waals surface area (Å²) in [5, 5.41) is 0. The fourth-order valence-electron chi connectivity index (χ4n) is 4.91. The summed E-state index contributed by atoms with van der Waals surface area (Å²) in [5.41, 5.74) is 0. The van der Waals surface area contributed by atoms with Crippen LogP contribution in [-0.2, 0) is 18.9 Å². The lowest BCUT2D eigenvalue weighted by Crippen LogP contribution is -2.39. The average molecular weight is 395 g/mol. The largest absolute Gasteiger partial charge is 0.352 e. The van der Waals surface area contributed by atoms with Crippen LogP contribution in [0.4, 0.5) is 0 Å². The molecule has 0 spiro atoms. The molecule has 0 aromatic rings. The van der Waals surface area contributed by atoms with Crippen molar-refractivity contribution in [3.8, 4) is 0 Å². The van der Waals surface area contributed by atoms with Crippen LogP contribution in [0.15, 0.2) is 12.2 Å². The van der Waals surface area contributed by atoms with E-state index in [0.717, 1.165) is 45.2 Å². The monoisotopic (exact) mass is 394 g/mol. The third kappa shape index (κ3) is 7.12. The molecule has 2 aliphatic heterocycles. The lowest BCUT2D eigenvalue weighted by Gasteiger charge is -2.38. The Bertz CT molecular complexity index is 428. The van der Waals surface area contributed by atoms with Gasteiger partial charge in [0, 0.05) is 17.8 Å². The van der Waals surface area contributed by atoms with Gasteiger partial charge in [-0.1, -0.05) is 44.8 Å². The van der Waals surface area contributed by atoms with Crippen molar-refractivity contribution in [3.05, 3.63) is 12.2 Å². The van der Waals surface area contributed by atoms with Gasteiger partial charge in [-0.25, -0.2) is 0 Å². The Hall–Kier alpha value is -0.420. The number of rotatable bonds is 9. The van der Waals surface area contributed by atoms with Gasteiger partial charge < -0.3 is 18.9 Å². The smallest absolute Gasteiger partial charge is 0.160 e. The van der Waals surface area contributed by atoms with E-state index in [4.69, 9.17) is 18.9 Å². The normalized spacial score (nSPS) is 37.4. The van der Waals surface area contributed by atoms with Crippen molar-refractivity contribution in [3.63, 3.8) is 0 Å². The number of hydrogen-bond donors (Lipinski definition) is 0. The molecule has 1 aliphatic carbocycles. The number of hydrogen-bond acceptors (Lipinski definition) is 4. The lowest BCUT2D eigenvalue weighted by atomic mass is 9.79. The second-order valence-electron chi connectivity index (χ2n) is 9.14. The summed E-state index contributed by atoms with van der Waals surface area (Å²) < 4.78 is 24.0. The molecule has 4 nitrogen and oxygen atoms in total. The molecule has 3 aliphatic rings. The molecule has 3 rings (SSSR count). The maximum atomic E-state index is 6.14. The molecule has 0 amide bonds. The third-order valence-corrected chi connectivity index (χ3v) is 6.75. The molecule has 162 valence electrons. The minimum absolute atomic E-state index is 0.0385. The zero-order chi connectivity index (χ0) is 19.6. The van der Waals surface area contributed by atoms with Crippen molar-refractivity contribution >= 4 is 0 Å². The first kappa shape index (κ1) is 22.3. The Labute approximate surface area is 172 Å². The van der Waals surface area contributed by atoms with Gasteiger partial charge in [0.25, 0.3) is 0 Å². The summed E-state index contributed by atoms with van der Waals surface area (Å²) >= 11 is 0. The van der Waals surface area contributed by atoms with E-state index in [-0.39, 0.29) is 12.6 Å². The van der Waals surface area contributed by atoms with Gasteiger partial charge in [0.05, 0.1) is 26.4 Å². The fourth-order valence-corrected chi connectivity index (χ4v) is 4.91. The summed E-state index contributed by atoms with van der Waals surface area (Å²) in [6, 6.07) is 0. The Morgan fingerprint density at radius 3 is 2.11 bits per heavy atom. The zero-order valence-electron chi connectivity index (χ0n) is 18.2. The van der Waals surface area contributed by atoms with Crippen LogP contribution in [0.3, 0.4) is 0 Å². The Morgan fingerprint density at radius 1 is 0.750 bits per heavy atom. The van der Waals surface area contributed by atoms with Crippen molar-refractivity contribution < 1.29 is 18.9 Å². The summed E-state index contributed by atoms with van der Waals surface area (Å²) in [7, 11) is 0. The highest BCUT2D eigenvalue weighted by molar-refractivity contribution is 4.86. The summed E-state index contributed by atoms with van der Waals surface area (Å²) in [6.07, 6.45) is 17.1. The lowest BCUT2D eigenvalue weighted by molar-refractivity contribution is -0.235. The van der Waals surface area contributed by atoms with Gasteiger partial charge in [0.1, 0.15) is 0 Å². The first-order chi connectivity index (χ1) is 13.8. The zero-order valence-corrected chi connectivity index (χ0v) is 18.2. The quantitative estimate of drug-likeness (QED) is 0.371. The molecule has 28 heavy (non-hydrogen) atoms. The summed E-state index contributed by atoms with van der Waals surface area (Å²) in [5.74, 6) is 2.44. The van der Waals surface area contributed by atoms with Crippen LogP contribution in [-0.4, -0.2) is 39.0 Å². The molecule has 0 aromatic heterocycles. The van der Waals surface area contributed by atoms with Crippen LogP contribution in [0.2, 0.25) is 0 Å². The Morgan fingerprint density at radius 2 is 1.46 bits per heavy atom. The van der Waals surface area contributed by atoms with Gasteiger partial charge in [-0.05, 0) is 51.4 Å². The van der Waals surface area contributed by atoms with Crippen LogP contribution in [0.25, 0.3) is 0 Å². The number of ether oxygens (including phenoxy) is 4. The summed E-state index contributed by atoms with van der Waals surface area (Å²) in [6.45, 7) is 7.54. The van der Waals surface area contributed by atoms with Crippen LogP contribution in [0, 0.1) is 23.7 Å². The highest BCUT2D eigenvalue weighted by atomic mass is 16.7. The maximum Gasteiger partial charge on any atom is 0.160 e. The molecule has 3 fully saturated rings. The second-order valence-corrected chi connectivity index (χ2v) is 9.14. The van der Waals surface area contributed by atoms with Gasteiger partial charge >= 0.3 is 0 Å². The molecular weight excluding hydrogens is 352 g/mol. The van der Waals surface area contributed by atoms with Crippen molar-refractivity contribution in [1.82, 2.24) is 0 Å². The van der Waals surface area contributed by atoms with Crippen molar-refractivity contribution in [1.29, 1.82) is 0 Å². The van der Waals surface area contributed by atoms with Crippen LogP contribution >= 0.6 is 0 Å². The predicted molar refractivity (Wildman–Crippen MR) is 112 cm³/mol. The molecule has 0 radical (unpaired) electrons. The minimum atomic E-state index is -0.0535. The molecule has 0 unspecified atom stereocenters. The van der Waals surface area contributed by atoms with Crippen LogP contribution < -0.4 is 0 Å². The highest BCUT2D eigenvalue weighted by Gasteiger charge is 2.32. The van der Waals surface area contributed by atoms with E-state index in [2.05, 4.69) is 19.1 Å². The average Bonchev–Trinajstić information content (AvgIpc) is 2.75. The molecule has 0 N–H and O–H groups in total. The van der Waals surface area contributed by atoms with Gasteiger partial charge in [-0.3, -0.25) is 0 Å². The Balaban J connectivity index is 1.26. The Kier molecular flexibility index (Phi) is 9.79. The number of unbranched alkanes of at least 4 members (excludes halogenated alkanes) is 2. The van der Waals surface area contributed by atoms with Gasteiger partial charge in [0.2, 0.25) is 0 Å². The molecule has 2 saturated heterocycles. The summed E-state index contributed by atoms with van der Waals surface area (Å²) in [4.78, 5) is 0. The molecule has 4 heteroatoms. The van der Waals surface area contributed by atoms with Crippen molar-refractivity contribution in [2.45, 2.75) is 90.6 Å². The van der Waals surface area contributed by atoms with Crippen LogP contribution in [0.5, 0.6) is 0 Å². The van der Waals surface area contributed by atoms with Crippen molar-refractivity contribution in [2.24, 2.45) is 23.7 Å². The van der Waals surface area contributed by atoms with E-state index < -0.39 is 0 Å². The van der Waals surface area contributed by atoms with Gasteiger partial charge in [-0.2, -0.15) is 0 Å². The first-order valence-electron chi connectivity index (χ1n) is 11.9. The van der Waals surface area contributed by atoms with E-state index in [1.54, 1.807) is 0 Å². The number of allylic oxidation sites excluding steroid dienone is 1. The standard InChI is InChI=1S/C24H42O4/c1-3-5-6-8-19-9-12-22(13-10-19)24-27-17-21(18-28-24)11-14-23-25-15-20(7-4-2)16-26-23/h4,7,19-24H,3,5-6,8-18H2,1-2H3/b7-4-/t19-,20-,21?,22-,23-,24?. The van der Waals surface area contributed by atoms with E-state index >= 15 is 0 Å². The predicted octanol–water partition coefficient (Wildman–Crippen LogP) is 5.71. The maximum absolute atomic E-state index is 6.14. The molecule has 0 bridgehead atoms. The van der Waals surface area contributed by atoms with Crippen molar-refractivity contribution in [2.75, 3.05) is 26.4 Å². The first-order valence-corrected chi connectivity index (χ1v) is 11.9.